The van der Waals surface area contributed by atoms with E-state index in [0.717, 1.165) is 28.7 Å². The van der Waals surface area contributed by atoms with Crippen LogP contribution in [0.15, 0.2) is 36.4 Å². The predicted molar refractivity (Wildman–Crippen MR) is 92.5 cm³/mol. The molecule has 0 bridgehead atoms. The maximum absolute atomic E-state index is 11.3. The molecule has 1 heterocycles. The van der Waals surface area contributed by atoms with Crippen molar-refractivity contribution in [3.8, 4) is 5.75 Å². The molecule has 3 rings (SSSR count). The highest BCUT2D eigenvalue weighted by molar-refractivity contribution is 7.00. The molecule has 24 heavy (non-hydrogen) atoms. The van der Waals surface area contributed by atoms with Gasteiger partial charge in [0.15, 0.2) is 0 Å². The molecule has 3 aromatic rings. The third-order valence-corrected chi connectivity index (χ3v) is 4.27. The van der Waals surface area contributed by atoms with Crippen LogP contribution in [0.5, 0.6) is 5.75 Å². The number of methoxy groups -OCH3 is 1. The number of fused-ring (bicyclic) bond motifs is 1. The Hall–Kier alpha value is -2.51. The first kappa shape index (κ1) is 16.4. The molecule has 0 amide bonds. The topological polar surface area (TPSA) is 75.5 Å². The molecule has 0 atom stereocenters. The van der Waals surface area contributed by atoms with E-state index in [1.54, 1.807) is 12.1 Å². The Morgan fingerprint density at radius 2 is 1.79 bits per heavy atom. The molecule has 0 saturated carbocycles. The lowest BCUT2D eigenvalue weighted by Gasteiger charge is -2.17. The number of rotatable bonds is 6. The fourth-order valence-electron chi connectivity index (χ4n) is 2.63. The number of aromatic nitrogens is 2. The minimum Gasteiger partial charge on any atom is -0.496 e. The molecular formula is C17H17N3O3S. The standard InChI is InChI=1S/C17H17N3O3S/c1-20(10-12-3-5-14-15(8-12)19-24-18-14)9-11-4-6-16(23-2)13(7-11)17(21)22/h3-8H,9-10H2,1-2H3,(H,21,22). The van der Waals surface area contributed by atoms with Crippen molar-refractivity contribution in [1.29, 1.82) is 0 Å². The summed E-state index contributed by atoms with van der Waals surface area (Å²) in [7, 11) is 3.46. The second-order valence-corrected chi connectivity index (χ2v) is 6.13. The SMILES string of the molecule is COc1ccc(CN(C)Cc2ccc3nsnc3c2)cc1C(=O)O. The molecule has 7 heteroatoms. The summed E-state index contributed by atoms with van der Waals surface area (Å²) in [6, 6.07) is 11.3. The number of hydrogen-bond donors (Lipinski definition) is 1. The van der Waals surface area contributed by atoms with E-state index in [1.165, 1.54) is 18.8 Å². The van der Waals surface area contributed by atoms with Crippen molar-refractivity contribution >= 4 is 28.7 Å². The molecule has 0 saturated heterocycles. The number of carbonyl (C=O) groups is 1. The molecule has 2 aromatic carbocycles. The highest BCUT2D eigenvalue weighted by Crippen LogP contribution is 2.21. The maximum atomic E-state index is 11.3. The third-order valence-electron chi connectivity index (χ3n) is 3.72. The van der Waals surface area contributed by atoms with Gasteiger partial charge in [0.1, 0.15) is 22.3 Å². The second kappa shape index (κ2) is 6.94. The summed E-state index contributed by atoms with van der Waals surface area (Å²) >= 11 is 1.21. The molecule has 0 spiro atoms. The van der Waals surface area contributed by atoms with E-state index < -0.39 is 5.97 Å². The minimum atomic E-state index is -0.988. The van der Waals surface area contributed by atoms with E-state index in [0.29, 0.717) is 12.3 Å². The smallest absolute Gasteiger partial charge is 0.339 e. The largest absolute Gasteiger partial charge is 0.496 e. The highest BCUT2D eigenvalue weighted by atomic mass is 32.1. The molecule has 0 aliphatic rings. The number of carboxylic acids is 1. The summed E-state index contributed by atoms with van der Waals surface area (Å²) in [6.45, 7) is 1.37. The van der Waals surface area contributed by atoms with Crippen molar-refractivity contribution in [3.63, 3.8) is 0 Å². The second-order valence-electron chi connectivity index (χ2n) is 5.60. The Kier molecular flexibility index (Phi) is 4.73. The zero-order chi connectivity index (χ0) is 17.1. The fraction of sp³-hybridized carbons (Fsp3) is 0.235. The Bertz CT molecular complexity index is 878. The number of aromatic carboxylic acids is 1. The number of hydrogen-bond acceptors (Lipinski definition) is 6. The van der Waals surface area contributed by atoms with Gasteiger partial charge in [-0.15, -0.1) is 0 Å². The molecule has 6 nitrogen and oxygen atoms in total. The normalized spacial score (nSPS) is 11.1. The van der Waals surface area contributed by atoms with Crippen molar-refractivity contribution in [1.82, 2.24) is 13.6 Å². The van der Waals surface area contributed by atoms with E-state index >= 15 is 0 Å². The van der Waals surface area contributed by atoms with E-state index in [9.17, 15) is 9.90 Å². The zero-order valence-corrected chi connectivity index (χ0v) is 14.2. The molecule has 0 aliphatic heterocycles. The predicted octanol–water partition coefficient (Wildman–Crippen LogP) is 3.03. The Labute approximate surface area is 143 Å². The van der Waals surface area contributed by atoms with Crippen molar-refractivity contribution < 1.29 is 14.6 Å². The van der Waals surface area contributed by atoms with Gasteiger partial charge in [0.25, 0.3) is 0 Å². The zero-order valence-electron chi connectivity index (χ0n) is 13.4. The first-order chi connectivity index (χ1) is 11.6. The van der Waals surface area contributed by atoms with Crippen LogP contribution in [0.25, 0.3) is 11.0 Å². The summed E-state index contributed by atoms with van der Waals surface area (Å²) < 4.78 is 13.5. The summed E-state index contributed by atoms with van der Waals surface area (Å²) in [5.41, 5.74) is 4.06. The monoisotopic (exact) mass is 343 g/mol. The van der Waals surface area contributed by atoms with Gasteiger partial charge in [0.05, 0.1) is 18.8 Å². The molecule has 0 fully saturated rings. The van der Waals surface area contributed by atoms with Gasteiger partial charge in [-0.2, -0.15) is 8.75 Å². The van der Waals surface area contributed by atoms with Crippen molar-refractivity contribution in [3.05, 3.63) is 53.1 Å². The number of benzene rings is 2. The van der Waals surface area contributed by atoms with Crippen LogP contribution in [-0.2, 0) is 13.1 Å². The quantitative estimate of drug-likeness (QED) is 0.741. The van der Waals surface area contributed by atoms with E-state index in [1.807, 2.05) is 31.3 Å². The Balaban J connectivity index is 1.73. The van der Waals surface area contributed by atoms with Crippen molar-refractivity contribution in [2.45, 2.75) is 13.1 Å². The first-order valence-corrected chi connectivity index (χ1v) is 8.10. The summed E-state index contributed by atoms with van der Waals surface area (Å²) in [4.78, 5) is 13.4. The van der Waals surface area contributed by atoms with Crippen LogP contribution in [0.1, 0.15) is 21.5 Å². The number of carboxylic acid groups (broad SMARTS) is 1. The molecule has 1 aromatic heterocycles. The van der Waals surface area contributed by atoms with Crippen LogP contribution in [0.4, 0.5) is 0 Å². The average Bonchev–Trinajstić information content (AvgIpc) is 3.02. The molecule has 0 unspecified atom stereocenters. The fourth-order valence-corrected chi connectivity index (χ4v) is 3.14. The van der Waals surface area contributed by atoms with Gasteiger partial charge < -0.3 is 9.84 Å². The Morgan fingerprint density at radius 3 is 2.50 bits per heavy atom. The van der Waals surface area contributed by atoms with Crippen molar-refractivity contribution in [2.75, 3.05) is 14.2 Å². The van der Waals surface area contributed by atoms with Crippen LogP contribution in [0.3, 0.4) is 0 Å². The maximum Gasteiger partial charge on any atom is 0.339 e. The average molecular weight is 343 g/mol. The van der Waals surface area contributed by atoms with Gasteiger partial charge in [-0.05, 0) is 42.4 Å². The number of nitrogens with zero attached hydrogens (tertiary/aromatic N) is 3. The summed E-state index contributed by atoms with van der Waals surface area (Å²) in [5, 5.41) is 9.27. The number of ether oxygens (including phenoxy) is 1. The summed E-state index contributed by atoms with van der Waals surface area (Å²) in [5.74, 6) is -0.617. The lowest BCUT2D eigenvalue weighted by Crippen LogP contribution is -2.17. The minimum absolute atomic E-state index is 0.179. The van der Waals surface area contributed by atoms with Crippen LogP contribution >= 0.6 is 11.7 Å². The molecule has 0 radical (unpaired) electrons. The highest BCUT2D eigenvalue weighted by Gasteiger charge is 2.12. The first-order valence-electron chi connectivity index (χ1n) is 7.37. The van der Waals surface area contributed by atoms with Crippen molar-refractivity contribution in [2.24, 2.45) is 0 Å². The van der Waals surface area contributed by atoms with Gasteiger partial charge in [-0.25, -0.2) is 4.79 Å². The van der Waals surface area contributed by atoms with Gasteiger partial charge in [0, 0.05) is 13.1 Å². The summed E-state index contributed by atoms with van der Waals surface area (Å²) in [6.07, 6.45) is 0. The van der Waals surface area contributed by atoms with E-state index in [4.69, 9.17) is 4.74 Å². The van der Waals surface area contributed by atoms with Crippen LogP contribution in [-0.4, -0.2) is 38.9 Å². The van der Waals surface area contributed by atoms with Gasteiger partial charge in [-0.1, -0.05) is 12.1 Å². The third kappa shape index (κ3) is 3.52. The molecule has 0 aliphatic carbocycles. The van der Waals surface area contributed by atoms with Crippen LogP contribution in [0.2, 0.25) is 0 Å². The molecular weight excluding hydrogens is 326 g/mol. The van der Waals surface area contributed by atoms with Gasteiger partial charge in [0.2, 0.25) is 0 Å². The van der Waals surface area contributed by atoms with E-state index in [-0.39, 0.29) is 5.56 Å². The molecule has 124 valence electrons. The van der Waals surface area contributed by atoms with Gasteiger partial charge in [-0.3, -0.25) is 4.90 Å². The lowest BCUT2D eigenvalue weighted by molar-refractivity contribution is 0.0693. The lowest BCUT2D eigenvalue weighted by atomic mass is 10.1. The van der Waals surface area contributed by atoms with Crippen LogP contribution < -0.4 is 4.74 Å². The Morgan fingerprint density at radius 1 is 1.12 bits per heavy atom. The van der Waals surface area contributed by atoms with Crippen LogP contribution in [0, 0.1) is 0 Å². The van der Waals surface area contributed by atoms with E-state index in [2.05, 4.69) is 13.6 Å². The van der Waals surface area contributed by atoms with Gasteiger partial charge >= 0.3 is 5.97 Å². The molecule has 1 N–H and O–H groups in total.